The second-order valence-corrected chi connectivity index (χ2v) is 9.45. The first-order valence-electron chi connectivity index (χ1n) is 12.2. The predicted octanol–water partition coefficient (Wildman–Crippen LogP) is 2.70. The number of carbonyl (C=O) groups is 3. The van der Waals surface area contributed by atoms with Gasteiger partial charge in [-0.15, -0.1) is 0 Å². The zero-order valence-electron chi connectivity index (χ0n) is 21.4. The van der Waals surface area contributed by atoms with E-state index in [1.54, 1.807) is 24.4 Å². The fraction of sp³-hybridized carbons (Fsp3) is 0.143. The molecule has 6 N–H and O–H groups in total. The van der Waals surface area contributed by atoms with Crippen molar-refractivity contribution < 1.29 is 24.6 Å². The highest BCUT2D eigenvalue weighted by Gasteiger charge is 2.28. The number of anilines is 1. The van der Waals surface area contributed by atoms with Crippen LogP contribution in [0.2, 0.25) is 0 Å². The van der Waals surface area contributed by atoms with Gasteiger partial charge in [0.2, 0.25) is 0 Å². The van der Waals surface area contributed by atoms with Gasteiger partial charge in [0.25, 0.3) is 5.91 Å². The van der Waals surface area contributed by atoms with Crippen molar-refractivity contribution in [1.29, 1.82) is 0 Å². The maximum Gasteiger partial charge on any atom is 0.357 e. The number of pyridine rings is 1. The molecule has 0 aliphatic carbocycles. The van der Waals surface area contributed by atoms with Crippen molar-refractivity contribution in [3.8, 4) is 0 Å². The van der Waals surface area contributed by atoms with Gasteiger partial charge in [0, 0.05) is 24.2 Å². The Kier molecular flexibility index (Phi) is 6.74. The summed E-state index contributed by atoms with van der Waals surface area (Å²) in [4.78, 5) is 40.1. The number of hydrogen-bond donors (Lipinski definition) is 4. The van der Waals surface area contributed by atoms with Crippen molar-refractivity contribution in [3.63, 3.8) is 0 Å². The fourth-order valence-electron chi connectivity index (χ4n) is 4.66. The molecule has 3 heterocycles. The number of aromatic carboxylic acids is 2. The Morgan fingerprint density at radius 1 is 0.900 bits per heavy atom. The summed E-state index contributed by atoms with van der Waals surface area (Å²) in [6.07, 6.45) is 5.03. The van der Waals surface area contributed by atoms with Crippen molar-refractivity contribution in [2.24, 2.45) is 5.73 Å². The van der Waals surface area contributed by atoms with Gasteiger partial charge in [-0.2, -0.15) is 10.2 Å². The van der Waals surface area contributed by atoms with Crippen LogP contribution >= 0.6 is 0 Å². The molecule has 0 aliphatic rings. The zero-order valence-corrected chi connectivity index (χ0v) is 21.4. The Morgan fingerprint density at radius 3 is 2.17 bits per heavy atom. The summed E-state index contributed by atoms with van der Waals surface area (Å²) in [7, 11) is 0. The molecule has 5 aromatic rings. The number of carbonyl (C=O) groups excluding carboxylic acids is 1. The minimum absolute atomic E-state index is 0.0228. The number of rotatable bonds is 9. The highest BCUT2D eigenvalue weighted by atomic mass is 16.4. The monoisotopic (exact) mass is 539 g/mol. The molecule has 1 amide bonds. The number of aromatic nitrogens is 5. The standard InChI is InChI=1S/C28H25N7O5/c1-15-10-32-34(12-15)13-16-2-4-17(5-3-16)14-35-22(23(27(37)38)24(33-35)28(39)40)9-18-6-7-19-20(8-18)21(26(30)36)11-31-25(19)29/h2-8,10-12H,9,13-14H2,1H3,(H2,29,31)(H2,30,36)(H,37,38)(H,39,40). The van der Waals surface area contributed by atoms with Crippen molar-refractivity contribution in [2.75, 3.05) is 5.73 Å². The van der Waals surface area contributed by atoms with Crippen LogP contribution in [0.4, 0.5) is 5.82 Å². The number of benzene rings is 2. The molecule has 0 bridgehead atoms. The van der Waals surface area contributed by atoms with Gasteiger partial charge in [0.05, 0.1) is 30.5 Å². The van der Waals surface area contributed by atoms with E-state index in [0.29, 0.717) is 22.9 Å². The van der Waals surface area contributed by atoms with E-state index in [-0.39, 0.29) is 30.0 Å². The molecule has 0 unspecified atom stereocenters. The van der Waals surface area contributed by atoms with Crippen LogP contribution in [0.3, 0.4) is 0 Å². The number of carboxylic acids is 2. The normalized spacial score (nSPS) is 11.1. The van der Waals surface area contributed by atoms with Crippen LogP contribution < -0.4 is 11.5 Å². The third kappa shape index (κ3) is 5.10. The number of aryl methyl sites for hydroxylation is 1. The molecule has 0 saturated carbocycles. The van der Waals surface area contributed by atoms with Crippen LogP contribution in [0.5, 0.6) is 0 Å². The molecule has 0 radical (unpaired) electrons. The van der Waals surface area contributed by atoms with Crippen LogP contribution in [-0.2, 0) is 19.5 Å². The number of primary amides is 1. The smallest absolute Gasteiger partial charge is 0.357 e. The molecule has 0 spiro atoms. The third-order valence-corrected chi connectivity index (χ3v) is 6.56. The Morgan fingerprint density at radius 2 is 1.57 bits per heavy atom. The van der Waals surface area contributed by atoms with E-state index in [9.17, 15) is 24.6 Å². The lowest BCUT2D eigenvalue weighted by Gasteiger charge is -2.12. The number of nitrogens with two attached hydrogens (primary N) is 2. The Hall–Kier alpha value is -5.52. The topological polar surface area (TPSA) is 192 Å². The summed E-state index contributed by atoms with van der Waals surface area (Å²) in [5, 5.41) is 29.1. The number of fused-ring (bicyclic) bond motifs is 1. The van der Waals surface area contributed by atoms with E-state index in [1.165, 1.54) is 10.9 Å². The molecular weight excluding hydrogens is 514 g/mol. The van der Waals surface area contributed by atoms with Gasteiger partial charge in [-0.25, -0.2) is 14.6 Å². The highest BCUT2D eigenvalue weighted by molar-refractivity contribution is 6.08. The molecular formula is C28H25N7O5. The largest absolute Gasteiger partial charge is 0.478 e. The predicted molar refractivity (Wildman–Crippen MR) is 145 cm³/mol. The molecule has 40 heavy (non-hydrogen) atoms. The summed E-state index contributed by atoms with van der Waals surface area (Å²) >= 11 is 0. The summed E-state index contributed by atoms with van der Waals surface area (Å²) < 4.78 is 3.21. The van der Waals surface area contributed by atoms with Gasteiger partial charge in [-0.1, -0.05) is 36.4 Å². The van der Waals surface area contributed by atoms with Crippen molar-refractivity contribution in [2.45, 2.75) is 26.4 Å². The first kappa shape index (κ1) is 26.1. The van der Waals surface area contributed by atoms with Gasteiger partial charge >= 0.3 is 11.9 Å². The van der Waals surface area contributed by atoms with E-state index >= 15 is 0 Å². The average Bonchev–Trinajstić information content (AvgIpc) is 3.48. The van der Waals surface area contributed by atoms with Crippen LogP contribution in [0.25, 0.3) is 10.8 Å². The SMILES string of the molecule is Cc1cnn(Cc2ccc(Cn3nc(C(=O)O)c(C(=O)O)c3Cc3ccc4c(N)ncc(C(N)=O)c4c3)cc2)c1. The van der Waals surface area contributed by atoms with E-state index < -0.39 is 29.1 Å². The summed E-state index contributed by atoms with van der Waals surface area (Å²) in [5.74, 6) is -3.33. The molecule has 0 fully saturated rings. The van der Waals surface area contributed by atoms with Gasteiger partial charge in [0.1, 0.15) is 11.4 Å². The maximum atomic E-state index is 12.2. The molecule has 2 aromatic carbocycles. The molecule has 12 nitrogen and oxygen atoms in total. The van der Waals surface area contributed by atoms with Crippen LogP contribution in [0.15, 0.2) is 61.1 Å². The minimum atomic E-state index is -1.45. The fourth-order valence-corrected chi connectivity index (χ4v) is 4.66. The van der Waals surface area contributed by atoms with Gasteiger partial charge in [-0.05, 0) is 40.6 Å². The molecule has 0 atom stereocenters. The quantitative estimate of drug-likeness (QED) is 0.218. The number of amides is 1. The average molecular weight is 540 g/mol. The Balaban J connectivity index is 1.52. The number of nitrogen functional groups attached to an aromatic ring is 1. The molecule has 3 aromatic heterocycles. The lowest BCUT2D eigenvalue weighted by molar-refractivity contribution is 0.0647. The lowest BCUT2D eigenvalue weighted by atomic mass is 9.99. The van der Waals surface area contributed by atoms with Gasteiger partial charge < -0.3 is 21.7 Å². The van der Waals surface area contributed by atoms with Gasteiger partial charge in [0.15, 0.2) is 5.69 Å². The van der Waals surface area contributed by atoms with Crippen LogP contribution in [0, 0.1) is 6.92 Å². The Bertz CT molecular complexity index is 1790. The molecule has 0 saturated heterocycles. The first-order chi connectivity index (χ1) is 19.1. The number of hydrogen-bond acceptors (Lipinski definition) is 7. The van der Waals surface area contributed by atoms with Crippen molar-refractivity contribution in [3.05, 3.63) is 106 Å². The first-order valence-corrected chi connectivity index (χ1v) is 12.2. The van der Waals surface area contributed by atoms with Crippen LogP contribution in [0.1, 0.15) is 59.2 Å². The van der Waals surface area contributed by atoms with E-state index in [4.69, 9.17) is 11.5 Å². The lowest BCUT2D eigenvalue weighted by Crippen LogP contribution is -2.13. The van der Waals surface area contributed by atoms with Crippen molar-refractivity contribution >= 4 is 34.4 Å². The third-order valence-electron chi connectivity index (χ3n) is 6.56. The molecule has 202 valence electrons. The number of carboxylic acid groups (broad SMARTS) is 2. The van der Waals surface area contributed by atoms with Crippen LogP contribution in [-0.4, -0.2) is 52.6 Å². The van der Waals surface area contributed by atoms with E-state index in [1.807, 2.05) is 42.1 Å². The van der Waals surface area contributed by atoms with Crippen molar-refractivity contribution in [1.82, 2.24) is 24.5 Å². The minimum Gasteiger partial charge on any atom is -0.478 e. The maximum absolute atomic E-state index is 12.2. The molecule has 5 rings (SSSR count). The second-order valence-electron chi connectivity index (χ2n) is 9.45. The van der Waals surface area contributed by atoms with E-state index in [2.05, 4.69) is 15.2 Å². The number of nitrogens with zero attached hydrogens (tertiary/aromatic N) is 5. The molecule has 0 aliphatic heterocycles. The molecule has 12 heteroatoms. The summed E-state index contributed by atoms with van der Waals surface area (Å²) in [6.45, 7) is 2.69. The Labute approximate surface area is 227 Å². The van der Waals surface area contributed by atoms with Gasteiger partial charge in [-0.3, -0.25) is 14.2 Å². The zero-order chi connectivity index (χ0) is 28.6. The highest BCUT2D eigenvalue weighted by Crippen LogP contribution is 2.27. The van der Waals surface area contributed by atoms with E-state index in [0.717, 1.165) is 16.7 Å². The second kappa shape index (κ2) is 10.3. The summed E-state index contributed by atoms with van der Waals surface area (Å²) in [5.41, 5.74) is 14.4. The summed E-state index contributed by atoms with van der Waals surface area (Å²) in [6, 6.07) is 12.7.